The summed E-state index contributed by atoms with van der Waals surface area (Å²) in [7, 11) is -3.77. The van der Waals surface area contributed by atoms with Crippen LogP contribution in [0.3, 0.4) is 0 Å². The summed E-state index contributed by atoms with van der Waals surface area (Å²) in [6, 6.07) is 11.7. The zero-order valence-electron chi connectivity index (χ0n) is 16.5. The minimum absolute atomic E-state index is 0.0614. The van der Waals surface area contributed by atoms with Crippen LogP contribution in [0.2, 0.25) is 5.02 Å². The van der Waals surface area contributed by atoms with Gasteiger partial charge in [0.1, 0.15) is 0 Å². The van der Waals surface area contributed by atoms with Gasteiger partial charge in [-0.05, 0) is 47.9 Å². The Morgan fingerprint density at radius 1 is 0.967 bits per heavy atom. The van der Waals surface area contributed by atoms with Crippen LogP contribution in [0, 0.1) is 6.92 Å². The van der Waals surface area contributed by atoms with Gasteiger partial charge >= 0.3 is 5.97 Å². The first-order chi connectivity index (χ1) is 14.1. The number of halogens is 1. The quantitative estimate of drug-likeness (QED) is 0.728. The second kappa shape index (κ2) is 9.16. The molecule has 0 aliphatic carbocycles. The first-order valence-corrected chi connectivity index (χ1v) is 11.3. The lowest BCUT2D eigenvalue weighted by Gasteiger charge is -2.34. The molecule has 2 aromatic rings. The van der Waals surface area contributed by atoms with Gasteiger partial charge in [0.15, 0.2) is 0 Å². The molecule has 0 spiro atoms. The van der Waals surface area contributed by atoms with Crippen molar-refractivity contribution in [2.24, 2.45) is 0 Å². The molecule has 160 valence electrons. The Morgan fingerprint density at radius 3 is 2.20 bits per heavy atom. The number of carbonyl (C=O) groups excluding carboxylic acids is 1. The molecule has 0 radical (unpaired) electrons. The molecule has 30 heavy (non-hydrogen) atoms. The Hall–Kier alpha value is -2.42. The number of benzene rings is 2. The van der Waals surface area contributed by atoms with Crippen LogP contribution in [0.1, 0.15) is 16.7 Å². The van der Waals surface area contributed by atoms with Crippen LogP contribution in [0.15, 0.2) is 47.4 Å². The van der Waals surface area contributed by atoms with Gasteiger partial charge in [0.25, 0.3) is 0 Å². The Morgan fingerprint density at radius 2 is 1.60 bits per heavy atom. The molecule has 1 aliphatic rings. The number of hydrogen-bond donors (Lipinski definition) is 1. The molecule has 3 rings (SSSR count). The molecule has 1 saturated heterocycles. The van der Waals surface area contributed by atoms with Crippen LogP contribution in [0.25, 0.3) is 0 Å². The van der Waals surface area contributed by atoms with E-state index in [2.05, 4.69) is 0 Å². The van der Waals surface area contributed by atoms with Crippen molar-refractivity contribution in [1.82, 2.24) is 9.21 Å². The van der Waals surface area contributed by atoms with Gasteiger partial charge in [0.05, 0.1) is 17.7 Å². The molecule has 0 bridgehead atoms. The van der Waals surface area contributed by atoms with Gasteiger partial charge in [-0.2, -0.15) is 4.31 Å². The molecule has 0 saturated carbocycles. The largest absolute Gasteiger partial charge is 0.481 e. The van der Waals surface area contributed by atoms with E-state index in [9.17, 15) is 18.0 Å². The molecule has 1 fully saturated rings. The summed E-state index contributed by atoms with van der Waals surface area (Å²) in [5, 5.41) is 9.60. The zero-order chi connectivity index (χ0) is 21.9. The summed E-state index contributed by atoms with van der Waals surface area (Å²) < 4.78 is 27.4. The number of nitrogens with zero attached hydrogens (tertiary/aromatic N) is 2. The van der Waals surface area contributed by atoms with Crippen molar-refractivity contribution in [2.45, 2.75) is 24.7 Å². The smallest absolute Gasteiger partial charge is 0.307 e. The van der Waals surface area contributed by atoms with E-state index in [0.717, 1.165) is 5.56 Å². The summed E-state index contributed by atoms with van der Waals surface area (Å²) in [6.45, 7) is 2.73. The summed E-state index contributed by atoms with van der Waals surface area (Å²) in [5.74, 6) is -1.08. The van der Waals surface area contributed by atoms with Gasteiger partial charge in [-0.3, -0.25) is 9.59 Å². The second-order valence-electron chi connectivity index (χ2n) is 7.31. The number of rotatable bonds is 6. The fourth-order valence-electron chi connectivity index (χ4n) is 3.47. The van der Waals surface area contributed by atoms with E-state index >= 15 is 0 Å². The van der Waals surface area contributed by atoms with E-state index in [-0.39, 0.29) is 36.7 Å². The third-order valence-corrected chi connectivity index (χ3v) is 7.09. The van der Waals surface area contributed by atoms with Crippen molar-refractivity contribution in [2.75, 3.05) is 26.2 Å². The molecule has 1 heterocycles. The number of amides is 1. The molecule has 0 unspecified atom stereocenters. The predicted molar refractivity (Wildman–Crippen MR) is 113 cm³/mol. The van der Waals surface area contributed by atoms with Crippen LogP contribution in [0.4, 0.5) is 0 Å². The Balaban J connectivity index is 1.66. The van der Waals surface area contributed by atoms with Crippen LogP contribution in [-0.2, 0) is 32.5 Å². The van der Waals surface area contributed by atoms with Gasteiger partial charge in [-0.1, -0.05) is 29.8 Å². The topological polar surface area (TPSA) is 95.0 Å². The third-order valence-electron chi connectivity index (χ3n) is 4.96. The highest BCUT2D eigenvalue weighted by atomic mass is 35.5. The summed E-state index contributed by atoms with van der Waals surface area (Å²) in [4.78, 5) is 25.3. The molecular formula is C21H23ClN2O5S. The lowest BCUT2D eigenvalue weighted by atomic mass is 10.1. The van der Waals surface area contributed by atoms with Crippen LogP contribution in [-0.4, -0.2) is 60.8 Å². The van der Waals surface area contributed by atoms with Crippen molar-refractivity contribution in [3.63, 3.8) is 0 Å². The molecule has 9 heteroatoms. The normalized spacial score (nSPS) is 15.2. The van der Waals surface area contributed by atoms with E-state index < -0.39 is 16.0 Å². The van der Waals surface area contributed by atoms with Gasteiger partial charge in [-0.25, -0.2) is 8.42 Å². The number of piperazine rings is 1. The average molecular weight is 451 g/mol. The van der Waals surface area contributed by atoms with E-state index in [1.165, 1.54) is 10.4 Å². The zero-order valence-corrected chi connectivity index (χ0v) is 18.1. The highest BCUT2D eigenvalue weighted by molar-refractivity contribution is 7.89. The van der Waals surface area contributed by atoms with Crippen molar-refractivity contribution >= 4 is 33.5 Å². The molecular weight excluding hydrogens is 428 g/mol. The van der Waals surface area contributed by atoms with Gasteiger partial charge < -0.3 is 10.0 Å². The van der Waals surface area contributed by atoms with Crippen LogP contribution >= 0.6 is 11.6 Å². The van der Waals surface area contributed by atoms with Crippen molar-refractivity contribution < 1.29 is 23.1 Å². The number of hydrogen-bond acceptors (Lipinski definition) is 4. The van der Waals surface area contributed by atoms with Crippen LogP contribution < -0.4 is 0 Å². The second-order valence-corrected chi connectivity index (χ2v) is 9.69. The molecule has 0 aromatic heterocycles. The maximum absolute atomic E-state index is 13.0. The summed E-state index contributed by atoms with van der Waals surface area (Å²) in [5.41, 5.74) is 1.98. The minimum atomic E-state index is -3.77. The van der Waals surface area contributed by atoms with Crippen LogP contribution in [0.5, 0.6) is 0 Å². The average Bonchev–Trinajstić information content (AvgIpc) is 2.69. The summed E-state index contributed by atoms with van der Waals surface area (Å²) in [6.07, 6.45) is -0.00246. The van der Waals surface area contributed by atoms with Gasteiger partial charge in [0, 0.05) is 31.2 Å². The molecule has 2 aromatic carbocycles. The van der Waals surface area contributed by atoms with Crippen molar-refractivity contribution in [3.05, 3.63) is 64.2 Å². The number of aryl methyl sites for hydroxylation is 1. The lowest BCUT2D eigenvalue weighted by Crippen LogP contribution is -2.50. The fourth-order valence-corrected chi connectivity index (χ4v) is 5.17. The number of carboxylic acid groups (broad SMARTS) is 1. The number of carboxylic acids is 1. The molecule has 1 amide bonds. The van der Waals surface area contributed by atoms with E-state index in [4.69, 9.17) is 16.7 Å². The van der Waals surface area contributed by atoms with E-state index in [1.807, 2.05) is 0 Å². The summed E-state index contributed by atoms with van der Waals surface area (Å²) >= 11 is 5.86. The van der Waals surface area contributed by atoms with E-state index in [0.29, 0.717) is 29.2 Å². The molecule has 1 aliphatic heterocycles. The Labute approximate surface area is 180 Å². The first-order valence-electron chi connectivity index (χ1n) is 9.50. The number of aliphatic carboxylic acids is 1. The van der Waals surface area contributed by atoms with Gasteiger partial charge in [0.2, 0.25) is 15.9 Å². The standard InChI is InChI=1S/C21H23ClN2O5S/c1-15-10-17(14-21(26)27)12-19(11-15)30(28,29)24-8-6-23(7-9-24)20(25)13-16-2-4-18(22)5-3-16/h2-5,10-12H,6-9,13-14H2,1H3,(H,26,27). The highest BCUT2D eigenvalue weighted by Gasteiger charge is 2.30. The van der Waals surface area contributed by atoms with Gasteiger partial charge in [-0.15, -0.1) is 0 Å². The monoisotopic (exact) mass is 450 g/mol. The maximum Gasteiger partial charge on any atom is 0.307 e. The number of carbonyl (C=O) groups is 2. The first kappa shape index (κ1) is 22.3. The predicted octanol–water partition coefficient (Wildman–Crippen LogP) is 2.35. The maximum atomic E-state index is 13.0. The minimum Gasteiger partial charge on any atom is -0.481 e. The molecule has 7 nitrogen and oxygen atoms in total. The molecule has 1 N–H and O–H groups in total. The Kier molecular flexibility index (Phi) is 6.80. The van der Waals surface area contributed by atoms with Crippen molar-refractivity contribution in [1.29, 1.82) is 0 Å². The van der Waals surface area contributed by atoms with Crippen molar-refractivity contribution in [3.8, 4) is 0 Å². The van der Waals surface area contributed by atoms with E-state index in [1.54, 1.807) is 48.2 Å². The third kappa shape index (κ3) is 5.38. The molecule has 0 atom stereocenters. The number of sulfonamides is 1. The SMILES string of the molecule is Cc1cc(CC(=O)O)cc(S(=O)(=O)N2CCN(C(=O)Cc3ccc(Cl)cc3)CC2)c1. The lowest BCUT2D eigenvalue weighted by molar-refractivity contribution is -0.136. The fraction of sp³-hybridized carbons (Fsp3) is 0.333. The Bertz CT molecular complexity index is 1050. The highest BCUT2D eigenvalue weighted by Crippen LogP contribution is 2.21.